The van der Waals surface area contributed by atoms with Gasteiger partial charge in [-0.15, -0.1) is 0 Å². The molecule has 0 aromatic heterocycles. The Labute approximate surface area is 119 Å². The van der Waals surface area contributed by atoms with Crippen molar-refractivity contribution in [1.29, 1.82) is 0 Å². The van der Waals surface area contributed by atoms with Crippen LogP contribution < -0.4 is 5.32 Å². The molecule has 1 aliphatic heterocycles. The van der Waals surface area contributed by atoms with Gasteiger partial charge < -0.3 is 10.1 Å². The maximum Gasteiger partial charge on any atom is 0.0731 e. The molecule has 1 aromatic carbocycles. The van der Waals surface area contributed by atoms with E-state index in [2.05, 4.69) is 5.32 Å². The molecule has 0 spiro atoms. The molecule has 1 aromatic rings. The molecule has 1 fully saturated rings. The largest absolute Gasteiger partial charge is 0.377 e. The lowest BCUT2D eigenvalue weighted by molar-refractivity contribution is -0.00586. The SMILES string of the molecule is CNC(Cc1ccc(Cl)cc1Cl)C1CCCCO1. The summed E-state index contributed by atoms with van der Waals surface area (Å²) < 4.78 is 5.84. The van der Waals surface area contributed by atoms with Gasteiger partial charge in [-0.05, 0) is 50.4 Å². The van der Waals surface area contributed by atoms with Gasteiger partial charge in [-0.2, -0.15) is 0 Å². The van der Waals surface area contributed by atoms with Crippen LogP contribution in [0.5, 0.6) is 0 Å². The van der Waals surface area contributed by atoms with E-state index in [1.54, 1.807) is 6.07 Å². The highest BCUT2D eigenvalue weighted by molar-refractivity contribution is 6.35. The number of rotatable bonds is 4. The maximum absolute atomic E-state index is 6.22. The van der Waals surface area contributed by atoms with Crippen molar-refractivity contribution in [2.45, 2.75) is 37.8 Å². The molecule has 0 aliphatic carbocycles. The van der Waals surface area contributed by atoms with E-state index in [9.17, 15) is 0 Å². The Bertz CT molecular complexity index is 391. The average molecular weight is 288 g/mol. The van der Waals surface area contributed by atoms with Gasteiger partial charge in [-0.3, -0.25) is 0 Å². The molecule has 0 saturated carbocycles. The van der Waals surface area contributed by atoms with Gasteiger partial charge in [0, 0.05) is 22.7 Å². The first kappa shape index (κ1) is 14.1. The molecule has 4 heteroatoms. The van der Waals surface area contributed by atoms with Crippen LogP contribution in [0.15, 0.2) is 18.2 Å². The van der Waals surface area contributed by atoms with Gasteiger partial charge in [0.15, 0.2) is 0 Å². The standard InChI is InChI=1S/C14H19Cl2NO/c1-17-13(14-4-2-3-7-18-14)8-10-5-6-11(15)9-12(10)16/h5-6,9,13-14,17H,2-4,7-8H2,1H3. The fraction of sp³-hybridized carbons (Fsp3) is 0.571. The first-order valence-electron chi connectivity index (χ1n) is 6.43. The van der Waals surface area contributed by atoms with E-state index in [0.717, 1.165) is 30.0 Å². The lowest BCUT2D eigenvalue weighted by Crippen LogP contribution is -2.42. The molecule has 2 rings (SSSR count). The quantitative estimate of drug-likeness (QED) is 0.912. The average Bonchev–Trinajstić information content (AvgIpc) is 2.39. The summed E-state index contributed by atoms with van der Waals surface area (Å²) in [5.41, 5.74) is 1.12. The number of ether oxygens (including phenoxy) is 1. The van der Waals surface area contributed by atoms with Crippen LogP contribution in [0.3, 0.4) is 0 Å². The van der Waals surface area contributed by atoms with E-state index in [1.165, 1.54) is 12.8 Å². The second-order valence-corrected chi connectivity index (χ2v) is 5.58. The Hall–Kier alpha value is -0.280. The summed E-state index contributed by atoms with van der Waals surface area (Å²) in [6.07, 6.45) is 4.70. The minimum Gasteiger partial charge on any atom is -0.377 e. The summed E-state index contributed by atoms with van der Waals surface area (Å²) in [6.45, 7) is 0.872. The molecule has 1 heterocycles. The number of hydrogen-bond donors (Lipinski definition) is 1. The normalized spacial score (nSPS) is 21.8. The van der Waals surface area contributed by atoms with Crippen molar-refractivity contribution >= 4 is 23.2 Å². The molecule has 1 aliphatic rings. The lowest BCUT2D eigenvalue weighted by atomic mass is 9.96. The fourth-order valence-corrected chi connectivity index (χ4v) is 2.91. The molecule has 0 bridgehead atoms. The summed E-state index contributed by atoms with van der Waals surface area (Å²) in [5, 5.41) is 4.76. The highest BCUT2D eigenvalue weighted by Gasteiger charge is 2.24. The zero-order valence-electron chi connectivity index (χ0n) is 10.6. The molecule has 18 heavy (non-hydrogen) atoms. The van der Waals surface area contributed by atoms with E-state index in [4.69, 9.17) is 27.9 Å². The molecule has 1 saturated heterocycles. The summed E-state index contributed by atoms with van der Waals surface area (Å²) in [5.74, 6) is 0. The van der Waals surface area contributed by atoms with Gasteiger partial charge in [0.1, 0.15) is 0 Å². The zero-order valence-corrected chi connectivity index (χ0v) is 12.1. The van der Waals surface area contributed by atoms with Crippen molar-refractivity contribution in [3.63, 3.8) is 0 Å². The number of hydrogen-bond acceptors (Lipinski definition) is 2. The lowest BCUT2D eigenvalue weighted by Gasteiger charge is -2.30. The number of nitrogens with one attached hydrogen (secondary N) is 1. The Kier molecular flexibility index (Phi) is 5.31. The number of likely N-dealkylation sites (N-methyl/N-ethyl adjacent to an activating group) is 1. The minimum atomic E-state index is 0.287. The minimum absolute atomic E-state index is 0.287. The molecule has 1 N–H and O–H groups in total. The predicted octanol–water partition coefficient (Wildman–Crippen LogP) is 3.69. The highest BCUT2D eigenvalue weighted by Crippen LogP contribution is 2.24. The molecule has 2 nitrogen and oxygen atoms in total. The monoisotopic (exact) mass is 287 g/mol. The van der Waals surface area contributed by atoms with Crippen LogP contribution in [0.2, 0.25) is 10.0 Å². The van der Waals surface area contributed by atoms with Crippen LogP contribution in [0.1, 0.15) is 24.8 Å². The van der Waals surface area contributed by atoms with Gasteiger partial charge >= 0.3 is 0 Å². The molecule has 0 radical (unpaired) electrons. The second-order valence-electron chi connectivity index (χ2n) is 4.74. The van der Waals surface area contributed by atoms with Gasteiger partial charge in [0.2, 0.25) is 0 Å². The van der Waals surface area contributed by atoms with Gasteiger partial charge in [-0.25, -0.2) is 0 Å². The number of benzene rings is 1. The van der Waals surface area contributed by atoms with Crippen molar-refractivity contribution in [3.8, 4) is 0 Å². The third-order valence-corrected chi connectivity index (χ3v) is 4.08. The van der Waals surface area contributed by atoms with E-state index < -0.39 is 0 Å². The summed E-state index contributed by atoms with van der Waals surface area (Å²) >= 11 is 12.1. The summed E-state index contributed by atoms with van der Waals surface area (Å²) in [7, 11) is 1.98. The number of halogens is 2. The smallest absolute Gasteiger partial charge is 0.0731 e. The Morgan fingerprint density at radius 3 is 2.83 bits per heavy atom. The predicted molar refractivity (Wildman–Crippen MR) is 76.6 cm³/mol. The van der Waals surface area contributed by atoms with Crippen LogP contribution in [0.4, 0.5) is 0 Å². The van der Waals surface area contributed by atoms with Gasteiger partial charge in [0.25, 0.3) is 0 Å². The van der Waals surface area contributed by atoms with Gasteiger partial charge in [-0.1, -0.05) is 29.3 Å². The van der Waals surface area contributed by atoms with Crippen molar-refractivity contribution in [2.24, 2.45) is 0 Å². The Balaban J connectivity index is 2.04. The Morgan fingerprint density at radius 1 is 1.39 bits per heavy atom. The Morgan fingerprint density at radius 2 is 2.22 bits per heavy atom. The van der Waals surface area contributed by atoms with Crippen molar-refractivity contribution < 1.29 is 4.74 Å². The summed E-state index contributed by atoms with van der Waals surface area (Å²) in [4.78, 5) is 0. The molecule has 2 unspecified atom stereocenters. The van der Waals surface area contributed by atoms with Crippen molar-refractivity contribution in [1.82, 2.24) is 5.32 Å². The molecule has 0 amide bonds. The van der Waals surface area contributed by atoms with E-state index in [1.807, 2.05) is 19.2 Å². The van der Waals surface area contributed by atoms with Crippen molar-refractivity contribution in [3.05, 3.63) is 33.8 Å². The topological polar surface area (TPSA) is 21.3 Å². The first-order valence-corrected chi connectivity index (χ1v) is 7.19. The molecular formula is C14H19Cl2NO. The second kappa shape index (κ2) is 6.76. The highest BCUT2D eigenvalue weighted by atomic mass is 35.5. The van der Waals surface area contributed by atoms with Gasteiger partial charge in [0.05, 0.1) is 6.10 Å². The van der Waals surface area contributed by atoms with E-state index in [0.29, 0.717) is 11.1 Å². The van der Waals surface area contributed by atoms with Crippen molar-refractivity contribution in [2.75, 3.05) is 13.7 Å². The first-order chi connectivity index (χ1) is 8.70. The fourth-order valence-electron chi connectivity index (χ4n) is 2.43. The third-order valence-electron chi connectivity index (χ3n) is 3.49. The molecule has 100 valence electrons. The van der Waals surface area contributed by atoms with E-state index >= 15 is 0 Å². The van der Waals surface area contributed by atoms with E-state index in [-0.39, 0.29) is 6.10 Å². The third kappa shape index (κ3) is 3.61. The van der Waals surface area contributed by atoms with Crippen LogP contribution >= 0.6 is 23.2 Å². The summed E-state index contributed by atoms with van der Waals surface area (Å²) in [6, 6.07) is 5.99. The van der Waals surface area contributed by atoms with Crippen LogP contribution in [-0.4, -0.2) is 25.8 Å². The molecular weight excluding hydrogens is 269 g/mol. The molecule has 2 atom stereocenters. The maximum atomic E-state index is 6.22. The van der Waals surface area contributed by atoms with Crippen LogP contribution in [0.25, 0.3) is 0 Å². The van der Waals surface area contributed by atoms with Crippen LogP contribution in [-0.2, 0) is 11.2 Å². The van der Waals surface area contributed by atoms with Crippen LogP contribution in [0, 0.1) is 0 Å². The zero-order chi connectivity index (χ0) is 13.0.